The average molecular weight is 318 g/mol. The molecule has 4 N–H and O–H groups in total. The van der Waals surface area contributed by atoms with Gasteiger partial charge in [-0.25, -0.2) is 0 Å². The van der Waals surface area contributed by atoms with Gasteiger partial charge in [0.1, 0.15) is 16.5 Å². The number of aryl methyl sites for hydroxylation is 1. The normalized spacial score (nSPS) is 12.3. The van der Waals surface area contributed by atoms with E-state index in [2.05, 4.69) is 25.7 Å². The molecule has 0 saturated carbocycles. The minimum absolute atomic E-state index is 0.272. The summed E-state index contributed by atoms with van der Waals surface area (Å²) in [5, 5.41) is 18.2. The highest BCUT2D eigenvalue weighted by molar-refractivity contribution is 7.15. The van der Waals surface area contributed by atoms with Crippen molar-refractivity contribution < 1.29 is 9.21 Å². The van der Waals surface area contributed by atoms with E-state index >= 15 is 0 Å². The number of carbonyl (C=O) groups excluding carboxylic acids is 1. The molecule has 0 aliphatic heterocycles. The van der Waals surface area contributed by atoms with Crippen molar-refractivity contribution in [1.82, 2.24) is 25.7 Å². The first-order valence-corrected chi connectivity index (χ1v) is 7.36. The smallest absolute Gasteiger partial charge is 0.272 e. The molecular weight excluding hydrogens is 304 g/mol. The number of rotatable bonds is 4. The first-order valence-electron chi connectivity index (χ1n) is 6.55. The number of hydrogen-bond donors (Lipinski definition) is 3. The van der Waals surface area contributed by atoms with E-state index in [4.69, 9.17) is 10.2 Å². The zero-order chi connectivity index (χ0) is 15.7. The van der Waals surface area contributed by atoms with Crippen LogP contribution in [0, 0.1) is 6.92 Å². The largest absolute Gasteiger partial charge is 0.460 e. The molecule has 1 unspecified atom stereocenters. The highest BCUT2D eigenvalue weighted by Crippen LogP contribution is 2.22. The van der Waals surface area contributed by atoms with Crippen LogP contribution in [0.4, 0.5) is 5.13 Å². The summed E-state index contributed by atoms with van der Waals surface area (Å²) in [6, 6.07) is 5.00. The second kappa shape index (κ2) is 5.60. The second-order valence-corrected chi connectivity index (χ2v) is 5.79. The Kier molecular flexibility index (Phi) is 3.63. The van der Waals surface area contributed by atoms with Crippen molar-refractivity contribution in [1.29, 1.82) is 0 Å². The molecule has 0 aliphatic carbocycles. The summed E-state index contributed by atoms with van der Waals surface area (Å²) in [6.07, 6.45) is 0. The molecule has 3 aromatic heterocycles. The zero-order valence-corrected chi connectivity index (χ0v) is 12.8. The Hall–Kier alpha value is -2.68. The fourth-order valence-corrected chi connectivity index (χ4v) is 2.51. The second-order valence-electron chi connectivity index (χ2n) is 4.75. The first kappa shape index (κ1) is 14.3. The molecule has 1 atom stereocenters. The number of nitrogen functional groups attached to an aromatic ring is 1. The van der Waals surface area contributed by atoms with Crippen molar-refractivity contribution in [2.24, 2.45) is 0 Å². The molecule has 0 fully saturated rings. The van der Waals surface area contributed by atoms with Crippen LogP contribution in [0.15, 0.2) is 22.6 Å². The Bertz CT molecular complexity index is 805. The summed E-state index contributed by atoms with van der Waals surface area (Å²) in [5.41, 5.74) is 6.45. The predicted octanol–water partition coefficient (Wildman–Crippen LogP) is 1.90. The third-order valence-corrected chi connectivity index (χ3v) is 3.93. The molecule has 0 aliphatic rings. The molecule has 22 heavy (non-hydrogen) atoms. The molecule has 3 aromatic rings. The molecule has 3 rings (SSSR count). The van der Waals surface area contributed by atoms with Gasteiger partial charge >= 0.3 is 0 Å². The lowest BCUT2D eigenvalue weighted by Gasteiger charge is -2.08. The quantitative estimate of drug-likeness (QED) is 0.675. The van der Waals surface area contributed by atoms with Gasteiger partial charge in [-0.05, 0) is 26.0 Å². The van der Waals surface area contributed by atoms with Crippen molar-refractivity contribution in [2.75, 3.05) is 5.73 Å². The minimum Gasteiger partial charge on any atom is -0.460 e. The maximum Gasteiger partial charge on any atom is 0.272 e. The molecule has 9 heteroatoms. The molecule has 0 bridgehead atoms. The van der Waals surface area contributed by atoms with E-state index in [9.17, 15) is 4.79 Å². The van der Waals surface area contributed by atoms with Crippen LogP contribution in [0.5, 0.6) is 0 Å². The number of amides is 1. The predicted molar refractivity (Wildman–Crippen MR) is 81.2 cm³/mol. The van der Waals surface area contributed by atoms with Crippen LogP contribution in [0.25, 0.3) is 11.5 Å². The van der Waals surface area contributed by atoms with Crippen molar-refractivity contribution in [3.63, 3.8) is 0 Å². The van der Waals surface area contributed by atoms with E-state index in [1.165, 1.54) is 11.3 Å². The van der Waals surface area contributed by atoms with Crippen molar-refractivity contribution in [3.05, 3.63) is 34.7 Å². The third-order valence-electron chi connectivity index (χ3n) is 2.99. The number of aromatic nitrogens is 4. The van der Waals surface area contributed by atoms with Crippen LogP contribution in [-0.2, 0) is 0 Å². The van der Waals surface area contributed by atoms with Crippen molar-refractivity contribution in [2.45, 2.75) is 19.9 Å². The van der Waals surface area contributed by atoms with Crippen LogP contribution >= 0.6 is 11.3 Å². The fourth-order valence-electron chi connectivity index (χ4n) is 1.90. The molecular formula is C13H14N6O2S. The van der Waals surface area contributed by atoms with Crippen LogP contribution in [-0.4, -0.2) is 26.3 Å². The third kappa shape index (κ3) is 2.84. The number of nitrogens with zero attached hydrogens (tertiary/aromatic N) is 3. The van der Waals surface area contributed by atoms with Crippen LogP contribution in [0.2, 0.25) is 0 Å². The Morgan fingerprint density at radius 2 is 2.27 bits per heavy atom. The number of H-pyrrole nitrogens is 1. The van der Waals surface area contributed by atoms with Gasteiger partial charge in [0, 0.05) is 6.07 Å². The van der Waals surface area contributed by atoms with Gasteiger partial charge in [0.25, 0.3) is 5.91 Å². The van der Waals surface area contributed by atoms with E-state index in [0.717, 1.165) is 5.76 Å². The van der Waals surface area contributed by atoms with Crippen molar-refractivity contribution in [3.8, 4) is 11.5 Å². The molecule has 1 amide bonds. The molecule has 0 radical (unpaired) electrons. The standard InChI is InChI=1S/C13H14N6O2S/c1-6-3-4-10(21-6)8-5-9(17-16-8)11(20)15-7(2)12-18-19-13(14)22-12/h3-5,7H,1-2H3,(H2,14,19)(H,15,20)(H,16,17). The lowest BCUT2D eigenvalue weighted by molar-refractivity contribution is 0.0934. The number of nitrogens with one attached hydrogen (secondary N) is 2. The SMILES string of the molecule is Cc1ccc(-c2cc(C(=O)NC(C)c3nnc(N)s3)n[nH]2)o1. The fraction of sp³-hybridized carbons (Fsp3) is 0.231. The van der Waals surface area contributed by atoms with Gasteiger partial charge in [0.05, 0.1) is 6.04 Å². The van der Waals surface area contributed by atoms with E-state index < -0.39 is 0 Å². The average Bonchev–Trinajstić information content (AvgIpc) is 3.18. The monoisotopic (exact) mass is 318 g/mol. The number of anilines is 1. The molecule has 114 valence electrons. The van der Waals surface area contributed by atoms with Crippen LogP contribution < -0.4 is 11.1 Å². The Balaban J connectivity index is 1.71. The van der Waals surface area contributed by atoms with Gasteiger partial charge in [0.15, 0.2) is 11.5 Å². The highest BCUT2D eigenvalue weighted by Gasteiger charge is 2.18. The van der Waals surface area contributed by atoms with Crippen molar-refractivity contribution >= 4 is 22.4 Å². The van der Waals surface area contributed by atoms with Gasteiger partial charge in [-0.3, -0.25) is 9.89 Å². The molecule has 0 aromatic carbocycles. The molecule has 0 saturated heterocycles. The number of carbonyl (C=O) groups is 1. The number of nitrogens with two attached hydrogens (primary N) is 1. The molecule has 0 spiro atoms. The maximum atomic E-state index is 12.2. The van der Waals surface area contributed by atoms with E-state index in [1.54, 1.807) is 13.0 Å². The van der Waals surface area contributed by atoms with Gasteiger partial charge in [-0.2, -0.15) is 5.10 Å². The van der Waals surface area contributed by atoms with Gasteiger partial charge in [-0.1, -0.05) is 11.3 Å². The summed E-state index contributed by atoms with van der Waals surface area (Å²) < 4.78 is 5.48. The van der Waals surface area contributed by atoms with Gasteiger partial charge in [-0.15, -0.1) is 10.2 Å². The maximum absolute atomic E-state index is 12.2. The molecule has 8 nitrogen and oxygen atoms in total. The summed E-state index contributed by atoms with van der Waals surface area (Å²) >= 11 is 1.24. The van der Waals surface area contributed by atoms with Crippen LogP contribution in [0.1, 0.15) is 34.2 Å². The lowest BCUT2D eigenvalue weighted by Crippen LogP contribution is -2.26. The summed E-state index contributed by atoms with van der Waals surface area (Å²) in [6.45, 7) is 3.66. The number of furan rings is 1. The summed E-state index contributed by atoms with van der Waals surface area (Å²) in [7, 11) is 0. The lowest BCUT2D eigenvalue weighted by atomic mass is 10.2. The van der Waals surface area contributed by atoms with Gasteiger partial charge in [0.2, 0.25) is 5.13 Å². The first-order chi connectivity index (χ1) is 10.5. The molecule has 3 heterocycles. The topological polar surface area (TPSA) is 123 Å². The highest BCUT2D eigenvalue weighted by atomic mass is 32.1. The minimum atomic E-state index is -0.313. The number of aromatic amines is 1. The number of hydrogen-bond acceptors (Lipinski definition) is 7. The van der Waals surface area contributed by atoms with Crippen LogP contribution in [0.3, 0.4) is 0 Å². The Labute approximate surface area is 129 Å². The van der Waals surface area contributed by atoms with E-state index in [0.29, 0.717) is 21.6 Å². The Morgan fingerprint density at radius 1 is 1.45 bits per heavy atom. The summed E-state index contributed by atoms with van der Waals surface area (Å²) in [5.74, 6) is 1.11. The van der Waals surface area contributed by atoms with Gasteiger partial charge < -0.3 is 15.5 Å². The zero-order valence-electron chi connectivity index (χ0n) is 12.0. The van der Waals surface area contributed by atoms with E-state index in [-0.39, 0.29) is 17.6 Å². The van der Waals surface area contributed by atoms with E-state index in [1.807, 2.05) is 19.1 Å². The Morgan fingerprint density at radius 3 is 2.91 bits per heavy atom. The summed E-state index contributed by atoms with van der Waals surface area (Å²) in [4.78, 5) is 12.2.